The minimum absolute atomic E-state index is 0.137. The number of rotatable bonds is 5. The topological polar surface area (TPSA) is 61.8 Å². The lowest BCUT2D eigenvalue weighted by atomic mass is 10.1. The molecule has 0 radical (unpaired) electrons. The molecule has 0 saturated carbocycles. The van der Waals surface area contributed by atoms with Crippen molar-refractivity contribution in [2.45, 2.75) is 13.5 Å². The molecule has 30 heavy (non-hydrogen) atoms. The van der Waals surface area contributed by atoms with Gasteiger partial charge in [-0.05, 0) is 48.4 Å². The van der Waals surface area contributed by atoms with E-state index in [-0.39, 0.29) is 11.8 Å². The van der Waals surface area contributed by atoms with Gasteiger partial charge in [-0.2, -0.15) is 0 Å². The number of Topliss-reactive ketones (excluding diaryl/α,β-unsaturated/α-hetero) is 1. The zero-order valence-electron chi connectivity index (χ0n) is 16.7. The van der Waals surface area contributed by atoms with Crippen LogP contribution in [0.25, 0.3) is 6.08 Å². The van der Waals surface area contributed by atoms with E-state index in [1.165, 1.54) is 7.11 Å². The van der Waals surface area contributed by atoms with Crippen LogP contribution in [0.4, 0.5) is 0 Å². The Morgan fingerprint density at radius 1 is 1.00 bits per heavy atom. The summed E-state index contributed by atoms with van der Waals surface area (Å²) < 4.78 is 16.5. The van der Waals surface area contributed by atoms with Crippen molar-refractivity contribution in [1.82, 2.24) is 0 Å². The first-order valence-corrected chi connectivity index (χ1v) is 9.50. The first-order valence-electron chi connectivity index (χ1n) is 9.50. The van der Waals surface area contributed by atoms with Crippen molar-refractivity contribution in [2.75, 3.05) is 7.11 Å². The van der Waals surface area contributed by atoms with Gasteiger partial charge in [-0.15, -0.1) is 0 Å². The molecule has 150 valence electrons. The number of benzene rings is 3. The normalized spacial score (nSPS) is 13.7. The van der Waals surface area contributed by atoms with Crippen LogP contribution in [0, 0.1) is 6.92 Å². The van der Waals surface area contributed by atoms with Crippen molar-refractivity contribution in [3.63, 3.8) is 0 Å². The van der Waals surface area contributed by atoms with Crippen LogP contribution in [0.5, 0.6) is 11.5 Å². The number of carbonyl (C=O) groups is 2. The predicted molar refractivity (Wildman–Crippen MR) is 113 cm³/mol. The average Bonchev–Trinajstić information content (AvgIpc) is 3.10. The highest BCUT2D eigenvalue weighted by molar-refractivity contribution is 6.14. The molecule has 0 aromatic heterocycles. The maximum atomic E-state index is 12.7. The van der Waals surface area contributed by atoms with Crippen molar-refractivity contribution in [2.24, 2.45) is 0 Å². The van der Waals surface area contributed by atoms with E-state index in [0.29, 0.717) is 35.0 Å². The summed E-state index contributed by atoms with van der Waals surface area (Å²) in [6.07, 6.45) is 1.74. The number of carbonyl (C=O) groups excluding carboxylic acids is 2. The fraction of sp³-hybridized carbons (Fsp3) is 0.120. The highest BCUT2D eigenvalue weighted by Gasteiger charge is 2.30. The van der Waals surface area contributed by atoms with Gasteiger partial charge in [0.2, 0.25) is 5.78 Å². The molecule has 1 aliphatic heterocycles. The largest absolute Gasteiger partial charge is 0.488 e. The van der Waals surface area contributed by atoms with Crippen LogP contribution < -0.4 is 9.47 Å². The van der Waals surface area contributed by atoms with Gasteiger partial charge in [-0.3, -0.25) is 4.79 Å². The van der Waals surface area contributed by atoms with Gasteiger partial charge >= 0.3 is 5.97 Å². The Labute approximate surface area is 174 Å². The summed E-state index contributed by atoms with van der Waals surface area (Å²) in [6.45, 7) is 2.19. The van der Waals surface area contributed by atoms with E-state index in [2.05, 4.69) is 0 Å². The molecule has 0 saturated heterocycles. The van der Waals surface area contributed by atoms with Crippen LogP contribution in [0.1, 0.15) is 37.4 Å². The average molecular weight is 400 g/mol. The van der Waals surface area contributed by atoms with Crippen molar-refractivity contribution < 1.29 is 23.8 Å². The minimum atomic E-state index is -0.377. The number of methoxy groups -OCH3 is 1. The smallest absolute Gasteiger partial charge is 0.337 e. The van der Waals surface area contributed by atoms with Gasteiger partial charge < -0.3 is 14.2 Å². The summed E-state index contributed by atoms with van der Waals surface area (Å²) in [5.41, 5.74) is 3.59. The molecule has 0 fully saturated rings. The predicted octanol–water partition coefficient (Wildman–Crippen LogP) is 4.98. The molecule has 0 spiro atoms. The number of fused-ring (bicyclic) bond motifs is 1. The van der Waals surface area contributed by atoms with Gasteiger partial charge in [0.15, 0.2) is 5.76 Å². The molecule has 0 amide bonds. The SMILES string of the molecule is COC(=O)c1ccc(COc2ccc3c(c2C)O/C(=C\c2ccccc2)C3=O)cc1. The quantitative estimate of drug-likeness (QED) is 0.447. The molecule has 0 unspecified atom stereocenters. The summed E-state index contributed by atoms with van der Waals surface area (Å²) in [4.78, 5) is 24.2. The van der Waals surface area contributed by atoms with Gasteiger partial charge in [-0.1, -0.05) is 42.5 Å². The van der Waals surface area contributed by atoms with Crippen LogP contribution in [-0.2, 0) is 11.3 Å². The maximum Gasteiger partial charge on any atom is 0.337 e. The van der Waals surface area contributed by atoms with E-state index in [1.54, 1.807) is 30.3 Å². The Kier molecular flexibility index (Phi) is 5.35. The molecule has 0 bridgehead atoms. The second-order valence-electron chi connectivity index (χ2n) is 6.89. The van der Waals surface area contributed by atoms with E-state index >= 15 is 0 Å². The zero-order valence-corrected chi connectivity index (χ0v) is 16.7. The monoisotopic (exact) mass is 400 g/mol. The van der Waals surface area contributed by atoms with Gasteiger partial charge in [0.25, 0.3) is 0 Å². The molecule has 1 heterocycles. The number of ether oxygens (including phenoxy) is 3. The van der Waals surface area contributed by atoms with Gasteiger partial charge in [0.05, 0.1) is 18.2 Å². The molecule has 0 atom stereocenters. The molecule has 0 N–H and O–H groups in total. The third kappa shape index (κ3) is 3.82. The van der Waals surface area contributed by atoms with Gasteiger partial charge in [-0.25, -0.2) is 4.79 Å². The fourth-order valence-electron chi connectivity index (χ4n) is 3.24. The van der Waals surface area contributed by atoms with Gasteiger partial charge in [0, 0.05) is 5.56 Å². The molecule has 5 nitrogen and oxygen atoms in total. The fourth-order valence-corrected chi connectivity index (χ4v) is 3.24. The lowest BCUT2D eigenvalue weighted by Crippen LogP contribution is -2.02. The molecule has 3 aromatic rings. The maximum absolute atomic E-state index is 12.7. The molecule has 5 heteroatoms. The van der Waals surface area contributed by atoms with E-state index in [1.807, 2.05) is 49.4 Å². The molecular formula is C25H20O5. The van der Waals surface area contributed by atoms with Crippen LogP contribution in [0.2, 0.25) is 0 Å². The Hall–Kier alpha value is -3.86. The van der Waals surface area contributed by atoms with Crippen LogP contribution >= 0.6 is 0 Å². The Morgan fingerprint density at radius 2 is 1.73 bits per heavy atom. The second kappa shape index (κ2) is 8.25. The Morgan fingerprint density at radius 3 is 2.43 bits per heavy atom. The van der Waals surface area contributed by atoms with Crippen molar-refractivity contribution >= 4 is 17.8 Å². The number of hydrogen-bond acceptors (Lipinski definition) is 5. The van der Waals surface area contributed by atoms with Crippen molar-refractivity contribution in [3.05, 3.63) is 100 Å². The first kappa shape index (κ1) is 19.5. The first-order chi connectivity index (χ1) is 14.6. The van der Waals surface area contributed by atoms with E-state index in [0.717, 1.165) is 16.7 Å². The summed E-state index contributed by atoms with van der Waals surface area (Å²) in [7, 11) is 1.35. The lowest BCUT2D eigenvalue weighted by molar-refractivity contribution is 0.0600. The Balaban J connectivity index is 1.50. The number of esters is 1. The van der Waals surface area contributed by atoms with E-state index < -0.39 is 0 Å². The van der Waals surface area contributed by atoms with Crippen LogP contribution in [0.15, 0.2) is 72.5 Å². The minimum Gasteiger partial charge on any atom is -0.488 e. The lowest BCUT2D eigenvalue weighted by Gasteiger charge is -2.11. The molecular weight excluding hydrogens is 380 g/mol. The standard InChI is InChI=1S/C25H20O5/c1-16-21(29-15-18-8-10-19(11-9-18)25(27)28-2)13-12-20-23(26)22(30-24(16)20)14-17-6-4-3-5-7-17/h3-14H,15H2,1-2H3/b22-14-. The summed E-state index contributed by atoms with van der Waals surface area (Å²) in [6, 6.07) is 20.1. The van der Waals surface area contributed by atoms with Crippen molar-refractivity contribution in [1.29, 1.82) is 0 Å². The molecule has 3 aromatic carbocycles. The summed E-state index contributed by atoms with van der Waals surface area (Å²) >= 11 is 0. The zero-order chi connectivity index (χ0) is 21.1. The molecule has 4 rings (SSSR count). The van der Waals surface area contributed by atoms with E-state index in [9.17, 15) is 9.59 Å². The second-order valence-corrected chi connectivity index (χ2v) is 6.89. The number of allylic oxidation sites excluding steroid dienone is 1. The summed E-state index contributed by atoms with van der Waals surface area (Å²) in [5.74, 6) is 0.954. The van der Waals surface area contributed by atoms with Crippen LogP contribution in [-0.4, -0.2) is 18.9 Å². The number of ketones is 1. The third-order valence-electron chi connectivity index (χ3n) is 4.90. The molecule has 0 aliphatic carbocycles. The summed E-state index contributed by atoms with van der Waals surface area (Å²) in [5, 5.41) is 0. The number of hydrogen-bond donors (Lipinski definition) is 0. The van der Waals surface area contributed by atoms with Crippen molar-refractivity contribution in [3.8, 4) is 11.5 Å². The van der Waals surface area contributed by atoms with Gasteiger partial charge in [0.1, 0.15) is 18.1 Å². The highest BCUT2D eigenvalue weighted by Crippen LogP contribution is 2.39. The third-order valence-corrected chi connectivity index (χ3v) is 4.90. The van der Waals surface area contributed by atoms with Crippen LogP contribution in [0.3, 0.4) is 0 Å². The Bertz CT molecular complexity index is 1130. The molecule has 1 aliphatic rings. The highest BCUT2D eigenvalue weighted by atomic mass is 16.5. The van der Waals surface area contributed by atoms with E-state index in [4.69, 9.17) is 14.2 Å².